The van der Waals surface area contributed by atoms with E-state index in [1.165, 1.54) is 0 Å². The van der Waals surface area contributed by atoms with Gasteiger partial charge in [0.15, 0.2) is 0 Å². The maximum atomic E-state index is 12.2. The zero-order valence-corrected chi connectivity index (χ0v) is 12.8. The van der Waals surface area contributed by atoms with Gasteiger partial charge in [-0.2, -0.15) is 5.10 Å². The summed E-state index contributed by atoms with van der Waals surface area (Å²) >= 11 is 0. The number of furan rings is 1. The third-order valence-corrected chi connectivity index (χ3v) is 3.30. The van der Waals surface area contributed by atoms with E-state index >= 15 is 0 Å². The monoisotopic (exact) mass is 291 g/mol. The molecule has 0 radical (unpaired) electrons. The Morgan fingerprint density at radius 2 is 2.19 bits per heavy atom. The highest BCUT2D eigenvalue weighted by Crippen LogP contribution is 2.22. The zero-order chi connectivity index (χ0) is 15.6. The van der Waals surface area contributed by atoms with Crippen LogP contribution in [0.25, 0.3) is 0 Å². The summed E-state index contributed by atoms with van der Waals surface area (Å²) in [6.45, 7) is 7.85. The topological polar surface area (TPSA) is 80.3 Å². The fourth-order valence-electron chi connectivity index (χ4n) is 2.12. The van der Waals surface area contributed by atoms with Crippen molar-refractivity contribution in [2.75, 3.05) is 6.54 Å². The van der Waals surface area contributed by atoms with E-state index in [0.717, 1.165) is 11.5 Å². The molecule has 114 valence electrons. The van der Waals surface area contributed by atoms with Gasteiger partial charge in [0.05, 0.1) is 12.2 Å². The van der Waals surface area contributed by atoms with Gasteiger partial charge >= 0.3 is 0 Å². The van der Waals surface area contributed by atoms with Gasteiger partial charge in [-0.15, -0.1) is 0 Å². The Hall–Kier alpha value is -2.08. The Morgan fingerprint density at radius 1 is 1.48 bits per heavy atom. The van der Waals surface area contributed by atoms with Crippen molar-refractivity contribution in [3.05, 3.63) is 41.1 Å². The van der Waals surface area contributed by atoms with Gasteiger partial charge in [-0.1, -0.05) is 0 Å². The lowest BCUT2D eigenvalue weighted by atomic mass is 10.0. The highest BCUT2D eigenvalue weighted by Gasteiger charge is 2.28. The van der Waals surface area contributed by atoms with Gasteiger partial charge in [0.1, 0.15) is 22.8 Å². The lowest BCUT2D eigenvalue weighted by Gasteiger charge is -2.21. The molecule has 1 atom stereocenters. The molecule has 0 bridgehead atoms. The van der Waals surface area contributed by atoms with Crippen LogP contribution in [0.3, 0.4) is 0 Å². The molecule has 2 heterocycles. The predicted molar refractivity (Wildman–Crippen MR) is 78.0 cm³/mol. The number of hydrogen-bond donors (Lipinski definition) is 2. The summed E-state index contributed by atoms with van der Waals surface area (Å²) in [6, 6.07) is 5.22. The number of carbonyl (C=O) groups is 1. The molecule has 0 aliphatic carbocycles. The molecule has 2 rings (SSSR count). The summed E-state index contributed by atoms with van der Waals surface area (Å²) in [6.07, 6.45) is 0. The Bertz CT molecular complexity index is 640. The third kappa shape index (κ3) is 3.33. The van der Waals surface area contributed by atoms with Crippen LogP contribution in [0.15, 0.2) is 22.6 Å². The number of nitrogens with zero attached hydrogens (tertiary/aromatic N) is 2. The van der Waals surface area contributed by atoms with Gasteiger partial charge in [-0.05, 0) is 45.9 Å². The first kappa shape index (κ1) is 15.3. The number of aryl methyl sites for hydroxylation is 3. The highest BCUT2D eigenvalue weighted by molar-refractivity contribution is 5.92. The Labute approximate surface area is 123 Å². The molecule has 0 aliphatic heterocycles. The van der Waals surface area contributed by atoms with E-state index in [1.54, 1.807) is 36.7 Å². The molecule has 21 heavy (non-hydrogen) atoms. The lowest BCUT2D eigenvalue weighted by molar-refractivity contribution is 0.0321. The predicted octanol–water partition coefficient (Wildman–Crippen LogP) is 1.75. The van der Waals surface area contributed by atoms with Gasteiger partial charge in [-0.25, -0.2) is 0 Å². The summed E-state index contributed by atoms with van der Waals surface area (Å²) in [5, 5.41) is 17.4. The van der Waals surface area contributed by atoms with Crippen LogP contribution in [-0.4, -0.2) is 27.3 Å². The Balaban J connectivity index is 2.06. The van der Waals surface area contributed by atoms with Gasteiger partial charge < -0.3 is 14.8 Å². The van der Waals surface area contributed by atoms with Crippen molar-refractivity contribution in [3.63, 3.8) is 0 Å². The molecule has 1 amide bonds. The minimum absolute atomic E-state index is 0.0622. The number of aliphatic hydroxyl groups is 1. The fraction of sp³-hybridized carbons (Fsp3) is 0.467. The SMILES string of the molecule is CCn1nc(C)cc1C(=O)NC[C@](C)(O)c1ccc(C)o1. The summed E-state index contributed by atoms with van der Waals surface area (Å²) in [4.78, 5) is 12.2. The Morgan fingerprint density at radius 3 is 2.76 bits per heavy atom. The van der Waals surface area contributed by atoms with Crippen molar-refractivity contribution >= 4 is 5.91 Å². The van der Waals surface area contributed by atoms with Crippen molar-refractivity contribution < 1.29 is 14.3 Å². The number of amides is 1. The Kier molecular flexibility index (Phi) is 4.18. The van der Waals surface area contributed by atoms with Crippen molar-refractivity contribution in [2.45, 2.75) is 39.8 Å². The molecule has 2 aromatic rings. The number of nitrogens with one attached hydrogen (secondary N) is 1. The van der Waals surface area contributed by atoms with Gasteiger partial charge in [0, 0.05) is 6.54 Å². The highest BCUT2D eigenvalue weighted by atomic mass is 16.4. The first-order valence-corrected chi connectivity index (χ1v) is 6.95. The smallest absolute Gasteiger partial charge is 0.269 e. The van der Waals surface area contributed by atoms with E-state index in [9.17, 15) is 9.90 Å². The number of rotatable bonds is 5. The molecular weight excluding hydrogens is 270 g/mol. The van der Waals surface area contributed by atoms with Gasteiger partial charge in [0.25, 0.3) is 5.91 Å². The van der Waals surface area contributed by atoms with Crippen LogP contribution >= 0.6 is 0 Å². The molecule has 2 N–H and O–H groups in total. The summed E-state index contributed by atoms with van der Waals surface area (Å²) in [5.41, 5.74) is 0.0209. The van der Waals surface area contributed by atoms with Crippen LogP contribution in [0, 0.1) is 13.8 Å². The maximum Gasteiger partial charge on any atom is 0.269 e. The minimum Gasteiger partial charge on any atom is -0.463 e. The van der Waals surface area contributed by atoms with Crippen LogP contribution in [-0.2, 0) is 12.1 Å². The van der Waals surface area contributed by atoms with Gasteiger partial charge in [0.2, 0.25) is 0 Å². The number of aromatic nitrogens is 2. The van der Waals surface area contributed by atoms with Crippen LogP contribution in [0.2, 0.25) is 0 Å². The lowest BCUT2D eigenvalue weighted by Crippen LogP contribution is -2.39. The van der Waals surface area contributed by atoms with Crippen LogP contribution < -0.4 is 5.32 Å². The van der Waals surface area contributed by atoms with Crippen molar-refractivity contribution in [2.24, 2.45) is 0 Å². The van der Waals surface area contributed by atoms with Crippen molar-refractivity contribution in [3.8, 4) is 0 Å². The molecule has 6 heteroatoms. The maximum absolute atomic E-state index is 12.2. The zero-order valence-electron chi connectivity index (χ0n) is 12.8. The molecule has 0 spiro atoms. The second-order valence-corrected chi connectivity index (χ2v) is 5.35. The molecule has 0 aromatic carbocycles. The fourth-order valence-corrected chi connectivity index (χ4v) is 2.12. The summed E-state index contributed by atoms with van der Waals surface area (Å²) in [5.74, 6) is 0.887. The van der Waals surface area contributed by atoms with E-state index in [0.29, 0.717) is 18.0 Å². The minimum atomic E-state index is -1.25. The van der Waals surface area contributed by atoms with Crippen molar-refractivity contribution in [1.82, 2.24) is 15.1 Å². The molecule has 2 aromatic heterocycles. The molecule has 0 unspecified atom stereocenters. The standard InChI is InChI=1S/C15H21N3O3/c1-5-18-12(8-10(2)17-18)14(19)16-9-15(4,20)13-7-6-11(3)21-13/h6-8,20H,5,9H2,1-4H3,(H,16,19)/t15-/m0/s1. The molecule has 0 saturated carbocycles. The van der Waals surface area contributed by atoms with Crippen LogP contribution in [0.1, 0.15) is 41.6 Å². The third-order valence-electron chi connectivity index (χ3n) is 3.30. The molecule has 0 fully saturated rings. The largest absolute Gasteiger partial charge is 0.463 e. The normalized spacial score (nSPS) is 14.0. The molecular formula is C15H21N3O3. The van der Waals surface area contributed by atoms with E-state index in [2.05, 4.69) is 10.4 Å². The first-order chi connectivity index (χ1) is 9.83. The van der Waals surface area contributed by atoms with Gasteiger partial charge in [-0.3, -0.25) is 9.48 Å². The number of hydrogen-bond acceptors (Lipinski definition) is 4. The molecule has 6 nitrogen and oxygen atoms in total. The second kappa shape index (κ2) is 5.73. The van der Waals surface area contributed by atoms with E-state index in [4.69, 9.17) is 4.42 Å². The van der Waals surface area contributed by atoms with Crippen LogP contribution in [0.5, 0.6) is 0 Å². The van der Waals surface area contributed by atoms with E-state index in [1.807, 2.05) is 13.8 Å². The van der Waals surface area contributed by atoms with Crippen molar-refractivity contribution in [1.29, 1.82) is 0 Å². The summed E-state index contributed by atoms with van der Waals surface area (Å²) in [7, 11) is 0. The van der Waals surface area contributed by atoms with Crippen LogP contribution in [0.4, 0.5) is 0 Å². The quantitative estimate of drug-likeness (QED) is 0.879. The first-order valence-electron chi connectivity index (χ1n) is 6.95. The summed E-state index contributed by atoms with van der Waals surface area (Å²) < 4.78 is 7.05. The molecule has 0 aliphatic rings. The average molecular weight is 291 g/mol. The second-order valence-electron chi connectivity index (χ2n) is 5.35. The van der Waals surface area contributed by atoms with E-state index in [-0.39, 0.29) is 12.5 Å². The number of carbonyl (C=O) groups excluding carboxylic acids is 1. The van der Waals surface area contributed by atoms with E-state index < -0.39 is 5.60 Å². The molecule has 0 saturated heterocycles. The average Bonchev–Trinajstić information content (AvgIpc) is 3.02.